The summed E-state index contributed by atoms with van der Waals surface area (Å²) in [4.78, 5) is 13.7. The third kappa shape index (κ3) is 11.8. The van der Waals surface area contributed by atoms with Crippen molar-refractivity contribution < 1.29 is 124 Å². The minimum absolute atomic E-state index is 0.00578. The minimum Gasteiger partial charge on any atom is -0.504 e. The predicted molar refractivity (Wildman–Crippen MR) is 208 cm³/mol. The summed E-state index contributed by atoms with van der Waals surface area (Å²) in [5.41, 5.74) is 0.614. The van der Waals surface area contributed by atoms with E-state index in [-0.39, 0.29) is 18.6 Å². The SMILES string of the molecule is O=C(C=Cc1ccc(O)c(O)c1)OC1C(COC2OC(CO)C(O)C(O)C2O)OC(OCCc2ccc(O)c(O)c2)C(OC2OCC(O)C(O)C2O)C1OC1OC(CO)C(O)C(O)C1O. The van der Waals surface area contributed by atoms with Crippen LogP contribution in [0.2, 0.25) is 0 Å². The highest BCUT2D eigenvalue weighted by Gasteiger charge is 2.56. The van der Waals surface area contributed by atoms with Gasteiger partial charge in [-0.3, -0.25) is 0 Å². The van der Waals surface area contributed by atoms with Crippen LogP contribution in [0.1, 0.15) is 11.1 Å². The van der Waals surface area contributed by atoms with E-state index in [0.29, 0.717) is 5.56 Å². The number of hydrogen-bond donors (Lipinski definition) is 15. The molecule has 0 aliphatic carbocycles. The first-order valence-electron chi connectivity index (χ1n) is 20.3. The third-order valence-corrected chi connectivity index (χ3v) is 11.1. The van der Waals surface area contributed by atoms with Crippen LogP contribution in [0.5, 0.6) is 23.0 Å². The minimum atomic E-state index is -2.10. The van der Waals surface area contributed by atoms with Gasteiger partial charge < -0.3 is 119 Å². The Bertz CT molecular complexity index is 1880. The lowest BCUT2D eigenvalue weighted by molar-refractivity contribution is -0.390. The van der Waals surface area contributed by atoms with E-state index in [1.165, 1.54) is 24.3 Å². The molecule has 25 nitrogen and oxygen atoms in total. The van der Waals surface area contributed by atoms with Gasteiger partial charge in [0.1, 0.15) is 85.5 Å². The van der Waals surface area contributed by atoms with E-state index in [2.05, 4.69) is 0 Å². The molecule has 2 aromatic rings. The van der Waals surface area contributed by atoms with Gasteiger partial charge in [0.25, 0.3) is 0 Å². The number of carbonyl (C=O) groups excluding carboxylic acids is 1. The molecule has 0 saturated carbocycles. The van der Waals surface area contributed by atoms with Gasteiger partial charge in [-0.2, -0.15) is 0 Å². The molecule has 65 heavy (non-hydrogen) atoms. The summed E-state index contributed by atoms with van der Waals surface area (Å²) in [5, 5.41) is 155. The number of hydrogen-bond acceptors (Lipinski definition) is 25. The van der Waals surface area contributed by atoms with E-state index in [4.69, 9.17) is 42.6 Å². The maximum atomic E-state index is 13.7. The van der Waals surface area contributed by atoms with Gasteiger partial charge >= 0.3 is 5.97 Å². The zero-order valence-electron chi connectivity index (χ0n) is 34.1. The Labute approximate surface area is 368 Å². The number of aliphatic hydroxyl groups is 11. The second kappa shape index (κ2) is 22.3. The average Bonchev–Trinajstić information content (AvgIpc) is 3.28. The van der Waals surface area contributed by atoms with Gasteiger partial charge in [0.15, 0.2) is 54.3 Å². The maximum absolute atomic E-state index is 13.7. The van der Waals surface area contributed by atoms with Crippen LogP contribution >= 0.6 is 0 Å². The molecular weight excluding hydrogens is 880 g/mol. The number of aliphatic hydroxyl groups excluding tert-OH is 11. The molecule has 19 unspecified atom stereocenters. The highest BCUT2D eigenvalue weighted by molar-refractivity contribution is 5.87. The Morgan fingerprint density at radius 3 is 1.78 bits per heavy atom. The number of rotatable bonds is 16. The van der Waals surface area contributed by atoms with Crippen LogP contribution in [-0.4, -0.2) is 232 Å². The number of benzene rings is 2. The Morgan fingerprint density at radius 1 is 0.585 bits per heavy atom. The normalized spacial score (nSPS) is 39.0. The summed E-state index contributed by atoms with van der Waals surface area (Å²) in [6.07, 6.45) is -32.8. The first kappa shape index (κ1) is 50.5. The van der Waals surface area contributed by atoms with Crippen molar-refractivity contribution in [1.29, 1.82) is 0 Å². The first-order valence-corrected chi connectivity index (χ1v) is 20.3. The summed E-state index contributed by atoms with van der Waals surface area (Å²) in [7, 11) is 0. The van der Waals surface area contributed by atoms with Crippen LogP contribution in [0.3, 0.4) is 0 Å². The van der Waals surface area contributed by atoms with Gasteiger partial charge in [-0.15, -0.1) is 0 Å². The zero-order valence-corrected chi connectivity index (χ0v) is 34.1. The molecule has 4 fully saturated rings. The Hall–Kier alpha value is -3.91. The van der Waals surface area contributed by atoms with E-state index in [0.717, 1.165) is 24.3 Å². The smallest absolute Gasteiger partial charge is 0.331 e. The highest BCUT2D eigenvalue weighted by Crippen LogP contribution is 2.36. The van der Waals surface area contributed by atoms with Crippen molar-refractivity contribution in [2.75, 3.05) is 33.0 Å². The lowest BCUT2D eigenvalue weighted by atomic mass is 9.96. The van der Waals surface area contributed by atoms with E-state index in [1.807, 2.05) is 0 Å². The summed E-state index contributed by atoms with van der Waals surface area (Å²) < 4.78 is 53.0. The fraction of sp³-hybridized carbons (Fsp3) is 0.625. The fourth-order valence-corrected chi connectivity index (χ4v) is 7.37. The summed E-state index contributed by atoms with van der Waals surface area (Å²) in [6.45, 7) is -3.46. The Morgan fingerprint density at radius 2 is 1.15 bits per heavy atom. The van der Waals surface area contributed by atoms with Gasteiger partial charge in [-0.05, 0) is 47.9 Å². The monoisotopic (exact) mass is 934 g/mol. The standard InChI is InChI=1S/C40H54O25/c41-11-22-27(50)29(52)32(55)37(60-22)59-14-24-34(63-25(48)6-3-15-1-4-17(43)19(45)9-15)35(64-39-33(56)30(53)28(51)23(12-42)61-39)36(65-38-31(54)26(49)21(47)13-58-38)40(62-24)57-8-7-16-2-5-18(44)20(46)10-16/h1-6,9-10,21-24,26-47,49-56H,7-8,11-14H2. The molecule has 15 N–H and O–H groups in total. The zero-order chi connectivity index (χ0) is 47.3. The molecule has 4 aliphatic rings. The molecule has 0 bridgehead atoms. The van der Waals surface area contributed by atoms with Crippen molar-refractivity contribution in [3.63, 3.8) is 0 Å². The van der Waals surface area contributed by atoms with Gasteiger partial charge in [-0.1, -0.05) is 12.1 Å². The molecule has 364 valence electrons. The molecule has 0 radical (unpaired) electrons. The van der Waals surface area contributed by atoms with Crippen molar-refractivity contribution in [1.82, 2.24) is 0 Å². The third-order valence-electron chi connectivity index (χ3n) is 11.1. The average molecular weight is 935 g/mol. The van der Waals surface area contributed by atoms with E-state index in [1.54, 1.807) is 0 Å². The van der Waals surface area contributed by atoms with Crippen LogP contribution < -0.4 is 0 Å². The van der Waals surface area contributed by atoms with E-state index in [9.17, 15) is 81.4 Å². The van der Waals surface area contributed by atoms with Crippen molar-refractivity contribution in [2.24, 2.45) is 0 Å². The molecule has 4 heterocycles. The molecule has 4 saturated heterocycles. The second-order valence-electron chi connectivity index (χ2n) is 15.6. The molecule has 4 aliphatic heterocycles. The largest absolute Gasteiger partial charge is 0.504 e. The van der Waals surface area contributed by atoms with Gasteiger partial charge in [-0.25, -0.2) is 4.79 Å². The van der Waals surface area contributed by atoms with Crippen LogP contribution in [-0.2, 0) is 53.8 Å². The quantitative estimate of drug-likeness (QED) is 0.0424. The first-order chi connectivity index (χ1) is 30.9. The number of ether oxygens (including phenoxy) is 9. The molecule has 0 amide bonds. The van der Waals surface area contributed by atoms with Crippen LogP contribution in [0.4, 0.5) is 0 Å². The summed E-state index contributed by atoms with van der Waals surface area (Å²) in [5.74, 6) is -3.05. The molecule has 0 aromatic heterocycles. The van der Waals surface area contributed by atoms with E-state index < -0.39 is 172 Å². The summed E-state index contributed by atoms with van der Waals surface area (Å²) >= 11 is 0. The fourth-order valence-electron chi connectivity index (χ4n) is 7.37. The van der Waals surface area contributed by atoms with Gasteiger partial charge in [0.05, 0.1) is 33.0 Å². The number of phenolic OH excluding ortho intramolecular Hbond substituents is 4. The number of carbonyl (C=O) groups is 1. The molecule has 25 heteroatoms. The van der Waals surface area contributed by atoms with Crippen molar-refractivity contribution in [3.8, 4) is 23.0 Å². The second-order valence-corrected chi connectivity index (χ2v) is 15.6. The Balaban J connectivity index is 1.40. The lowest BCUT2D eigenvalue weighted by Crippen LogP contribution is -2.67. The molecular formula is C40H54O25. The van der Waals surface area contributed by atoms with E-state index >= 15 is 0 Å². The van der Waals surface area contributed by atoms with Crippen molar-refractivity contribution >= 4 is 12.0 Å². The van der Waals surface area contributed by atoms with Crippen LogP contribution in [0, 0.1) is 0 Å². The number of aromatic hydroxyl groups is 4. The molecule has 6 rings (SSSR count). The van der Waals surface area contributed by atoms with Gasteiger partial charge in [0, 0.05) is 6.08 Å². The van der Waals surface area contributed by atoms with Crippen molar-refractivity contribution in [2.45, 2.75) is 123 Å². The topological polar surface area (TPSA) is 404 Å². The number of esters is 1. The van der Waals surface area contributed by atoms with Gasteiger partial charge in [0.2, 0.25) is 0 Å². The lowest BCUT2D eigenvalue weighted by Gasteiger charge is -2.49. The predicted octanol–water partition coefficient (Wildman–Crippen LogP) is -5.76. The van der Waals surface area contributed by atoms with Crippen molar-refractivity contribution in [3.05, 3.63) is 53.6 Å². The summed E-state index contributed by atoms with van der Waals surface area (Å²) in [6, 6.07) is 7.48. The molecule has 0 spiro atoms. The highest BCUT2D eigenvalue weighted by atomic mass is 16.8. The molecule has 2 aromatic carbocycles. The number of phenols is 4. The maximum Gasteiger partial charge on any atom is 0.331 e. The van der Waals surface area contributed by atoms with Crippen LogP contribution in [0.25, 0.3) is 6.08 Å². The molecule has 19 atom stereocenters. The van der Waals surface area contributed by atoms with Crippen LogP contribution in [0.15, 0.2) is 42.5 Å². The Kier molecular flexibility index (Phi) is 17.3.